The lowest BCUT2D eigenvalue weighted by Gasteiger charge is -2.41. The SMILES string of the molecule is CC1COC(Cc2ccccc2)CN1C(=O)N1CCOCC1. The van der Waals surface area contributed by atoms with Gasteiger partial charge in [0.2, 0.25) is 0 Å². The van der Waals surface area contributed by atoms with Crippen LogP contribution in [0.5, 0.6) is 0 Å². The van der Waals surface area contributed by atoms with Gasteiger partial charge in [-0.25, -0.2) is 4.79 Å². The molecule has 0 aromatic heterocycles. The molecule has 1 aromatic rings. The fourth-order valence-corrected chi connectivity index (χ4v) is 3.02. The van der Waals surface area contributed by atoms with Crippen LogP contribution in [0.2, 0.25) is 0 Å². The Balaban J connectivity index is 1.61. The maximum absolute atomic E-state index is 12.7. The number of nitrogens with zero attached hydrogens (tertiary/aromatic N) is 2. The predicted molar refractivity (Wildman–Crippen MR) is 83.8 cm³/mol. The van der Waals surface area contributed by atoms with Gasteiger partial charge in [0.05, 0.1) is 32.0 Å². The van der Waals surface area contributed by atoms with E-state index in [1.54, 1.807) is 0 Å². The van der Waals surface area contributed by atoms with Crippen molar-refractivity contribution in [1.82, 2.24) is 9.80 Å². The molecule has 22 heavy (non-hydrogen) atoms. The van der Waals surface area contributed by atoms with Crippen molar-refractivity contribution in [3.05, 3.63) is 35.9 Å². The van der Waals surface area contributed by atoms with Crippen LogP contribution in [-0.4, -0.2) is 67.4 Å². The molecule has 2 unspecified atom stereocenters. The van der Waals surface area contributed by atoms with Gasteiger partial charge in [0.25, 0.3) is 0 Å². The van der Waals surface area contributed by atoms with Crippen molar-refractivity contribution in [3.8, 4) is 0 Å². The molecule has 0 aliphatic carbocycles. The third kappa shape index (κ3) is 3.59. The summed E-state index contributed by atoms with van der Waals surface area (Å²) in [7, 11) is 0. The summed E-state index contributed by atoms with van der Waals surface area (Å²) in [6.07, 6.45) is 0.920. The summed E-state index contributed by atoms with van der Waals surface area (Å²) in [5.41, 5.74) is 1.25. The molecular formula is C17H24N2O3. The Kier molecular flexibility index (Phi) is 4.95. The summed E-state index contributed by atoms with van der Waals surface area (Å²) in [6, 6.07) is 10.6. The van der Waals surface area contributed by atoms with Crippen molar-refractivity contribution in [1.29, 1.82) is 0 Å². The van der Waals surface area contributed by atoms with Crippen LogP contribution in [0.1, 0.15) is 12.5 Å². The highest BCUT2D eigenvalue weighted by molar-refractivity contribution is 5.75. The third-order valence-corrected chi connectivity index (χ3v) is 4.34. The highest BCUT2D eigenvalue weighted by Gasteiger charge is 2.32. The quantitative estimate of drug-likeness (QED) is 0.836. The standard InChI is InChI=1S/C17H24N2O3/c1-14-13-22-16(11-15-5-3-2-4-6-15)12-19(14)17(20)18-7-9-21-10-8-18/h2-6,14,16H,7-13H2,1H3. The fraction of sp³-hybridized carbons (Fsp3) is 0.588. The molecule has 5 nitrogen and oxygen atoms in total. The zero-order valence-corrected chi connectivity index (χ0v) is 13.1. The summed E-state index contributed by atoms with van der Waals surface area (Å²) in [6.45, 7) is 5.96. The molecule has 2 saturated heterocycles. The van der Waals surface area contributed by atoms with Crippen molar-refractivity contribution >= 4 is 6.03 Å². The van der Waals surface area contributed by atoms with Crippen molar-refractivity contribution in [2.75, 3.05) is 39.5 Å². The van der Waals surface area contributed by atoms with E-state index in [4.69, 9.17) is 9.47 Å². The van der Waals surface area contributed by atoms with Gasteiger partial charge in [-0.2, -0.15) is 0 Å². The molecule has 120 valence electrons. The van der Waals surface area contributed by atoms with E-state index < -0.39 is 0 Å². The summed E-state index contributed by atoms with van der Waals surface area (Å²) in [5.74, 6) is 0. The number of ether oxygens (including phenoxy) is 2. The second kappa shape index (κ2) is 7.11. The van der Waals surface area contributed by atoms with Crippen LogP contribution in [0.15, 0.2) is 30.3 Å². The van der Waals surface area contributed by atoms with Crippen molar-refractivity contribution in [2.24, 2.45) is 0 Å². The highest BCUT2D eigenvalue weighted by Crippen LogP contribution is 2.18. The lowest BCUT2D eigenvalue weighted by Crippen LogP contribution is -2.57. The van der Waals surface area contributed by atoms with Crippen LogP contribution in [0.4, 0.5) is 4.79 Å². The van der Waals surface area contributed by atoms with Crippen LogP contribution in [-0.2, 0) is 15.9 Å². The van der Waals surface area contributed by atoms with Gasteiger partial charge in [-0.15, -0.1) is 0 Å². The number of hydrogen-bond acceptors (Lipinski definition) is 3. The minimum atomic E-state index is 0.0728. The average molecular weight is 304 g/mol. The molecular weight excluding hydrogens is 280 g/mol. The van der Waals surface area contributed by atoms with Crippen LogP contribution in [0, 0.1) is 0 Å². The van der Waals surface area contributed by atoms with Gasteiger partial charge < -0.3 is 19.3 Å². The second-order valence-electron chi connectivity index (χ2n) is 6.03. The molecule has 2 fully saturated rings. The molecule has 2 atom stereocenters. The van der Waals surface area contributed by atoms with E-state index in [-0.39, 0.29) is 18.2 Å². The number of benzene rings is 1. The number of morpholine rings is 2. The Morgan fingerprint density at radius 1 is 1.23 bits per heavy atom. The molecule has 0 spiro atoms. The Labute approximate surface area is 131 Å². The molecule has 2 aliphatic rings. The van der Waals surface area contributed by atoms with Gasteiger partial charge >= 0.3 is 6.03 Å². The highest BCUT2D eigenvalue weighted by atomic mass is 16.5. The van der Waals surface area contributed by atoms with Gasteiger partial charge in [-0.3, -0.25) is 0 Å². The van der Waals surface area contributed by atoms with E-state index in [0.29, 0.717) is 39.5 Å². The lowest BCUT2D eigenvalue weighted by atomic mass is 10.1. The zero-order valence-electron chi connectivity index (χ0n) is 13.1. The van der Waals surface area contributed by atoms with Crippen LogP contribution >= 0.6 is 0 Å². The zero-order chi connectivity index (χ0) is 15.4. The van der Waals surface area contributed by atoms with Gasteiger partial charge in [-0.1, -0.05) is 30.3 Å². The molecule has 2 heterocycles. The first-order valence-electron chi connectivity index (χ1n) is 8.03. The number of amides is 2. The van der Waals surface area contributed by atoms with Gasteiger partial charge in [-0.05, 0) is 12.5 Å². The number of urea groups is 1. The van der Waals surface area contributed by atoms with Crippen molar-refractivity contribution in [2.45, 2.75) is 25.5 Å². The summed E-state index contributed by atoms with van der Waals surface area (Å²) < 4.78 is 11.3. The van der Waals surface area contributed by atoms with Crippen LogP contribution in [0.3, 0.4) is 0 Å². The van der Waals surface area contributed by atoms with Crippen molar-refractivity contribution < 1.29 is 14.3 Å². The smallest absolute Gasteiger partial charge is 0.320 e. The molecule has 0 N–H and O–H groups in total. The average Bonchev–Trinajstić information content (AvgIpc) is 2.58. The fourth-order valence-electron chi connectivity index (χ4n) is 3.02. The maximum atomic E-state index is 12.7. The first-order valence-corrected chi connectivity index (χ1v) is 8.03. The largest absolute Gasteiger partial charge is 0.378 e. The summed E-state index contributed by atoms with van der Waals surface area (Å²) in [5, 5.41) is 0. The summed E-state index contributed by atoms with van der Waals surface area (Å²) >= 11 is 0. The number of rotatable bonds is 2. The van der Waals surface area contributed by atoms with E-state index in [1.807, 2.05) is 28.0 Å². The molecule has 5 heteroatoms. The lowest BCUT2D eigenvalue weighted by molar-refractivity contribution is -0.0497. The molecule has 0 radical (unpaired) electrons. The van der Waals surface area contributed by atoms with E-state index >= 15 is 0 Å². The number of carbonyl (C=O) groups is 1. The predicted octanol–water partition coefficient (Wildman–Crippen LogP) is 1.77. The third-order valence-electron chi connectivity index (χ3n) is 4.34. The van der Waals surface area contributed by atoms with Gasteiger partial charge in [0, 0.05) is 26.1 Å². The minimum absolute atomic E-state index is 0.0728. The molecule has 3 rings (SSSR count). The molecule has 0 bridgehead atoms. The monoisotopic (exact) mass is 304 g/mol. The topological polar surface area (TPSA) is 42.0 Å². The number of hydrogen-bond donors (Lipinski definition) is 0. The Bertz CT molecular complexity index is 488. The maximum Gasteiger partial charge on any atom is 0.320 e. The first-order chi connectivity index (χ1) is 10.7. The molecule has 2 aliphatic heterocycles. The number of carbonyl (C=O) groups excluding carboxylic acids is 1. The van der Waals surface area contributed by atoms with Gasteiger partial charge in [0.15, 0.2) is 0 Å². The Hall–Kier alpha value is -1.59. The van der Waals surface area contributed by atoms with Crippen molar-refractivity contribution in [3.63, 3.8) is 0 Å². The van der Waals surface area contributed by atoms with Gasteiger partial charge in [0.1, 0.15) is 0 Å². The van der Waals surface area contributed by atoms with E-state index in [0.717, 1.165) is 6.42 Å². The van der Waals surface area contributed by atoms with E-state index in [1.165, 1.54) is 5.56 Å². The van der Waals surface area contributed by atoms with Crippen LogP contribution in [0.25, 0.3) is 0 Å². The summed E-state index contributed by atoms with van der Waals surface area (Å²) in [4.78, 5) is 16.6. The van der Waals surface area contributed by atoms with E-state index in [9.17, 15) is 4.79 Å². The van der Waals surface area contributed by atoms with E-state index in [2.05, 4.69) is 19.1 Å². The molecule has 0 saturated carbocycles. The molecule has 2 amide bonds. The first kappa shape index (κ1) is 15.3. The Morgan fingerprint density at radius 3 is 2.68 bits per heavy atom. The Morgan fingerprint density at radius 2 is 1.95 bits per heavy atom. The minimum Gasteiger partial charge on any atom is -0.378 e. The second-order valence-corrected chi connectivity index (χ2v) is 6.03. The normalized spacial score (nSPS) is 26.0. The molecule has 1 aromatic carbocycles. The van der Waals surface area contributed by atoms with Crippen LogP contribution < -0.4 is 0 Å².